The summed E-state index contributed by atoms with van der Waals surface area (Å²) in [6.07, 6.45) is 3.87. The highest BCUT2D eigenvalue weighted by atomic mass is 19.1. The second kappa shape index (κ2) is 8.63. The molecule has 2 heterocycles. The molecule has 1 aliphatic heterocycles. The van der Waals surface area contributed by atoms with Crippen LogP contribution in [0.5, 0.6) is 0 Å². The van der Waals surface area contributed by atoms with Crippen LogP contribution in [0.15, 0.2) is 60.9 Å². The van der Waals surface area contributed by atoms with Gasteiger partial charge in [0.2, 0.25) is 0 Å². The summed E-state index contributed by atoms with van der Waals surface area (Å²) in [4.78, 5) is 9.17. The van der Waals surface area contributed by atoms with Crippen LogP contribution in [0, 0.1) is 11.6 Å². The van der Waals surface area contributed by atoms with Crippen LogP contribution in [-0.2, 0) is 13.1 Å². The van der Waals surface area contributed by atoms with E-state index in [4.69, 9.17) is 0 Å². The molecule has 146 valence electrons. The van der Waals surface area contributed by atoms with E-state index >= 15 is 0 Å². The number of hydrogen-bond donors (Lipinski definition) is 0. The van der Waals surface area contributed by atoms with Crippen molar-refractivity contribution in [1.82, 2.24) is 19.4 Å². The first kappa shape index (κ1) is 18.8. The Kier molecular flexibility index (Phi) is 5.78. The number of hydrogen-bond acceptors (Lipinski definition) is 3. The molecule has 0 amide bonds. The number of halogens is 2. The molecule has 1 aliphatic rings. The summed E-state index contributed by atoms with van der Waals surface area (Å²) in [7, 11) is 0. The van der Waals surface area contributed by atoms with Crippen molar-refractivity contribution in [2.75, 3.05) is 32.7 Å². The molecule has 6 heteroatoms. The molecule has 0 unspecified atom stereocenters. The van der Waals surface area contributed by atoms with Gasteiger partial charge < -0.3 is 4.57 Å². The van der Waals surface area contributed by atoms with Crippen molar-refractivity contribution in [3.8, 4) is 11.4 Å². The van der Waals surface area contributed by atoms with Crippen molar-refractivity contribution in [3.63, 3.8) is 0 Å². The molecular weight excluding hydrogens is 358 g/mol. The third-order valence-corrected chi connectivity index (χ3v) is 5.20. The fourth-order valence-corrected chi connectivity index (χ4v) is 3.72. The molecule has 0 bridgehead atoms. The quantitative estimate of drug-likeness (QED) is 0.651. The van der Waals surface area contributed by atoms with Gasteiger partial charge in [-0.1, -0.05) is 30.3 Å². The van der Waals surface area contributed by atoms with E-state index in [0.717, 1.165) is 56.7 Å². The normalized spacial score (nSPS) is 15.8. The van der Waals surface area contributed by atoms with Crippen molar-refractivity contribution < 1.29 is 8.78 Å². The topological polar surface area (TPSA) is 24.3 Å². The Hall–Kier alpha value is -2.57. The van der Waals surface area contributed by atoms with Gasteiger partial charge in [-0.25, -0.2) is 13.8 Å². The van der Waals surface area contributed by atoms with E-state index in [1.165, 1.54) is 12.1 Å². The molecule has 0 aliphatic carbocycles. The number of imidazole rings is 1. The highest BCUT2D eigenvalue weighted by Gasteiger charge is 2.18. The second-order valence-electron chi connectivity index (χ2n) is 7.21. The third kappa shape index (κ3) is 4.64. The largest absolute Gasteiger partial charge is 0.330 e. The van der Waals surface area contributed by atoms with Gasteiger partial charge in [0, 0.05) is 69.8 Å². The molecule has 2 aromatic carbocycles. The van der Waals surface area contributed by atoms with E-state index in [0.29, 0.717) is 12.1 Å². The summed E-state index contributed by atoms with van der Waals surface area (Å²) in [6.45, 7) is 6.13. The lowest BCUT2D eigenvalue weighted by molar-refractivity contribution is 0.124. The van der Waals surface area contributed by atoms with Crippen LogP contribution in [0.2, 0.25) is 0 Å². The number of piperazine rings is 1. The lowest BCUT2D eigenvalue weighted by Crippen LogP contribution is -2.46. The zero-order chi connectivity index (χ0) is 19.3. The van der Waals surface area contributed by atoms with E-state index in [-0.39, 0.29) is 0 Å². The van der Waals surface area contributed by atoms with Crippen molar-refractivity contribution >= 4 is 0 Å². The second-order valence-corrected chi connectivity index (χ2v) is 7.21. The molecule has 3 aromatic rings. The summed E-state index contributed by atoms with van der Waals surface area (Å²) in [5.41, 5.74) is 1.82. The molecule has 0 radical (unpaired) electrons. The Bertz CT molecular complexity index is 882. The number of aromatic nitrogens is 2. The van der Waals surface area contributed by atoms with Gasteiger partial charge in [0.05, 0.1) is 0 Å². The smallest absolute Gasteiger partial charge is 0.139 e. The van der Waals surface area contributed by atoms with Gasteiger partial charge >= 0.3 is 0 Å². The van der Waals surface area contributed by atoms with Crippen LogP contribution in [0.3, 0.4) is 0 Å². The predicted molar refractivity (Wildman–Crippen MR) is 106 cm³/mol. The maximum Gasteiger partial charge on any atom is 0.139 e. The zero-order valence-corrected chi connectivity index (χ0v) is 15.8. The van der Waals surface area contributed by atoms with E-state index < -0.39 is 11.6 Å². The SMILES string of the molecule is Fc1cc(F)cc(CN2CCN(CCn3ccnc3-c3ccccc3)CC2)c1. The number of rotatable bonds is 6. The Labute approximate surface area is 164 Å². The van der Waals surface area contributed by atoms with Gasteiger partial charge in [0.15, 0.2) is 0 Å². The predicted octanol–water partition coefficient (Wildman–Crippen LogP) is 3.65. The zero-order valence-electron chi connectivity index (χ0n) is 15.8. The van der Waals surface area contributed by atoms with E-state index in [2.05, 4.69) is 31.5 Å². The Morgan fingerprint density at radius 2 is 1.50 bits per heavy atom. The molecule has 1 aromatic heterocycles. The van der Waals surface area contributed by atoms with E-state index in [1.54, 1.807) is 0 Å². The minimum Gasteiger partial charge on any atom is -0.330 e. The minimum atomic E-state index is -0.511. The van der Waals surface area contributed by atoms with Gasteiger partial charge in [0.25, 0.3) is 0 Å². The monoisotopic (exact) mass is 382 g/mol. The summed E-state index contributed by atoms with van der Waals surface area (Å²) >= 11 is 0. The first-order valence-corrected chi connectivity index (χ1v) is 9.63. The molecule has 0 saturated carbocycles. The van der Waals surface area contributed by atoms with E-state index in [1.807, 2.05) is 30.6 Å². The number of nitrogens with zero attached hydrogens (tertiary/aromatic N) is 4. The van der Waals surface area contributed by atoms with Crippen LogP contribution in [0.1, 0.15) is 5.56 Å². The van der Waals surface area contributed by atoms with Gasteiger partial charge in [-0.2, -0.15) is 0 Å². The Morgan fingerprint density at radius 3 is 2.21 bits per heavy atom. The minimum absolute atomic E-state index is 0.511. The average Bonchev–Trinajstić information content (AvgIpc) is 3.16. The lowest BCUT2D eigenvalue weighted by Gasteiger charge is -2.34. The summed E-state index contributed by atoms with van der Waals surface area (Å²) in [5, 5.41) is 0. The van der Waals surface area contributed by atoms with E-state index in [9.17, 15) is 8.78 Å². The standard InChI is InChI=1S/C22H24F2N4/c23-20-14-18(15-21(24)16-20)17-27-10-8-26(9-11-27)12-13-28-7-6-25-22(28)19-4-2-1-3-5-19/h1-7,14-16H,8-13,17H2. The summed E-state index contributed by atoms with van der Waals surface area (Å²) < 4.78 is 28.9. The van der Waals surface area contributed by atoms with Gasteiger partial charge in [-0.05, 0) is 17.7 Å². The van der Waals surface area contributed by atoms with Crippen molar-refractivity contribution in [3.05, 3.63) is 78.1 Å². The molecule has 0 atom stereocenters. The van der Waals surface area contributed by atoms with Crippen LogP contribution >= 0.6 is 0 Å². The summed E-state index contributed by atoms with van der Waals surface area (Å²) in [5.74, 6) is -0.0289. The molecule has 1 saturated heterocycles. The molecule has 0 spiro atoms. The molecule has 1 fully saturated rings. The first-order chi connectivity index (χ1) is 13.7. The van der Waals surface area contributed by atoms with Gasteiger partial charge in [0.1, 0.15) is 17.5 Å². The Balaban J connectivity index is 1.28. The molecule has 4 rings (SSSR count). The number of benzene rings is 2. The Morgan fingerprint density at radius 1 is 0.821 bits per heavy atom. The average molecular weight is 382 g/mol. The molecule has 0 N–H and O–H groups in total. The van der Waals surface area contributed by atoms with Crippen LogP contribution in [0.4, 0.5) is 8.78 Å². The van der Waals surface area contributed by atoms with Crippen molar-refractivity contribution in [2.24, 2.45) is 0 Å². The van der Waals surface area contributed by atoms with Crippen LogP contribution in [-0.4, -0.2) is 52.1 Å². The fourth-order valence-electron chi connectivity index (χ4n) is 3.72. The molecule has 28 heavy (non-hydrogen) atoms. The van der Waals surface area contributed by atoms with Gasteiger partial charge in [-0.3, -0.25) is 9.80 Å². The third-order valence-electron chi connectivity index (χ3n) is 5.20. The molecule has 4 nitrogen and oxygen atoms in total. The van der Waals surface area contributed by atoms with Crippen LogP contribution < -0.4 is 0 Å². The fraction of sp³-hybridized carbons (Fsp3) is 0.318. The van der Waals surface area contributed by atoms with Crippen molar-refractivity contribution in [1.29, 1.82) is 0 Å². The first-order valence-electron chi connectivity index (χ1n) is 9.63. The van der Waals surface area contributed by atoms with Crippen molar-refractivity contribution in [2.45, 2.75) is 13.1 Å². The summed E-state index contributed by atoms with van der Waals surface area (Å²) in [6, 6.07) is 14.0. The maximum absolute atomic E-state index is 13.4. The lowest BCUT2D eigenvalue weighted by atomic mass is 10.2. The van der Waals surface area contributed by atoms with Gasteiger partial charge in [-0.15, -0.1) is 0 Å². The molecular formula is C22H24F2N4. The highest BCUT2D eigenvalue weighted by Crippen LogP contribution is 2.17. The highest BCUT2D eigenvalue weighted by molar-refractivity contribution is 5.55. The van der Waals surface area contributed by atoms with Crippen LogP contribution in [0.25, 0.3) is 11.4 Å². The maximum atomic E-state index is 13.4.